The summed E-state index contributed by atoms with van der Waals surface area (Å²) in [6.45, 7) is 0. The van der Waals surface area contributed by atoms with Crippen molar-refractivity contribution >= 4 is 15.9 Å². The molecule has 1 heterocycles. The van der Waals surface area contributed by atoms with Crippen molar-refractivity contribution in [2.24, 2.45) is 5.73 Å². The zero-order valence-corrected chi connectivity index (χ0v) is 7.93. The molecular weight excluding hydrogens is 249 g/mol. The van der Waals surface area contributed by atoms with E-state index >= 15 is 0 Å². The second kappa shape index (κ2) is 3.63. The van der Waals surface area contributed by atoms with Crippen molar-refractivity contribution in [3.8, 4) is 0 Å². The van der Waals surface area contributed by atoms with Crippen LogP contribution in [-0.2, 0) is 0 Å². The minimum Gasteiger partial charge on any atom is -0.316 e. The Labute approximate surface area is 81.1 Å². The van der Waals surface area contributed by atoms with E-state index in [1.165, 1.54) is 12.3 Å². The van der Waals surface area contributed by atoms with Crippen molar-refractivity contribution in [3.63, 3.8) is 0 Å². The highest BCUT2D eigenvalue weighted by Gasteiger charge is 2.38. The van der Waals surface area contributed by atoms with Crippen LogP contribution in [-0.4, -0.2) is 11.2 Å². The first-order chi connectivity index (χ1) is 5.93. The molecule has 13 heavy (non-hydrogen) atoms. The van der Waals surface area contributed by atoms with Crippen molar-refractivity contribution in [2.75, 3.05) is 0 Å². The maximum atomic E-state index is 12.1. The van der Waals surface area contributed by atoms with Crippen LogP contribution in [0.3, 0.4) is 0 Å². The lowest BCUT2D eigenvalue weighted by Crippen LogP contribution is -2.28. The number of pyridine rings is 1. The molecule has 0 spiro atoms. The molecular formula is C7H6BrF3N2. The summed E-state index contributed by atoms with van der Waals surface area (Å²) >= 11 is 2.97. The van der Waals surface area contributed by atoms with Gasteiger partial charge in [-0.15, -0.1) is 0 Å². The minimum atomic E-state index is -4.44. The topological polar surface area (TPSA) is 38.9 Å². The van der Waals surface area contributed by atoms with E-state index in [1.807, 2.05) is 0 Å². The van der Waals surface area contributed by atoms with Gasteiger partial charge in [0.2, 0.25) is 0 Å². The molecule has 2 nitrogen and oxygen atoms in total. The second-order valence-corrected chi connectivity index (χ2v) is 3.27. The lowest BCUT2D eigenvalue weighted by atomic mass is 10.1. The van der Waals surface area contributed by atoms with Gasteiger partial charge in [-0.3, -0.25) is 4.98 Å². The van der Waals surface area contributed by atoms with Gasteiger partial charge in [0.05, 0.1) is 0 Å². The average molecular weight is 255 g/mol. The molecule has 0 aliphatic rings. The molecule has 72 valence electrons. The van der Waals surface area contributed by atoms with Gasteiger partial charge in [-0.05, 0) is 6.07 Å². The van der Waals surface area contributed by atoms with Crippen molar-refractivity contribution in [3.05, 3.63) is 28.5 Å². The Morgan fingerprint density at radius 3 is 2.54 bits per heavy atom. The maximum absolute atomic E-state index is 12.1. The molecule has 0 fully saturated rings. The third-order valence-corrected chi connectivity index (χ3v) is 2.21. The molecule has 0 radical (unpaired) electrons. The highest BCUT2D eigenvalue weighted by atomic mass is 79.9. The van der Waals surface area contributed by atoms with Gasteiger partial charge < -0.3 is 5.73 Å². The molecule has 1 aromatic heterocycles. The number of alkyl halides is 3. The standard InChI is InChI=1S/C7H6BrF3N2/c8-5-1-2-13-3-4(5)6(12)7(9,10)11/h1-3,6H,12H2/t6-/m0/s1. The summed E-state index contributed by atoms with van der Waals surface area (Å²) in [4.78, 5) is 3.57. The summed E-state index contributed by atoms with van der Waals surface area (Å²) in [6.07, 6.45) is -1.95. The Kier molecular flexibility index (Phi) is 2.92. The largest absolute Gasteiger partial charge is 0.407 e. The lowest BCUT2D eigenvalue weighted by molar-refractivity contribution is -0.149. The molecule has 0 unspecified atom stereocenters. The monoisotopic (exact) mass is 254 g/mol. The van der Waals surface area contributed by atoms with E-state index in [4.69, 9.17) is 5.73 Å². The number of halogens is 4. The van der Waals surface area contributed by atoms with Crippen LogP contribution in [0.2, 0.25) is 0 Å². The first-order valence-electron chi connectivity index (χ1n) is 3.34. The fraction of sp³-hybridized carbons (Fsp3) is 0.286. The van der Waals surface area contributed by atoms with Gasteiger partial charge in [0.25, 0.3) is 0 Å². The second-order valence-electron chi connectivity index (χ2n) is 2.42. The summed E-state index contributed by atoms with van der Waals surface area (Å²) in [6, 6.07) is -0.573. The number of hydrogen-bond donors (Lipinski definition) is 1. The van der Waals surface area contributed by atoms with E-state index in [2.05, 4.69) is 20.9 Å². The van der Waals surface area contributed by atoms with Crippen molar-refractivity contribution in [1.29, 1.82) is 0 Å². The Morgan fingerprint density at radius 2 is 2.08 bits per heavy atom. The molecule has 1 aromatic rings. The maximum Gasteiger partial charge on any atom is 0.407 e. The summed E-state index contributed by atoms with van der Waals surface area (Å²) in [5, 5.41) is 0. The molecule has 0 bridgehead atoms. The summed E-state index contributed by atoms with van der Waals surface area (Å²) in [5.74, 6) is 0. The van der Waals surface area contributed by atoms with E-state index in [0.29, 0.717) is 4.47 Å². The number of rotatable bonds is 1. The molecule has 2 N–H and O–H groups in total. The predicted molar refractivity (Wildman–Crippen MR) is 44.9 cm³/mol. The third-order valence-electron chi connectivity index (χ3n) is 1.48. The fourth-order valence-corrected chi connectivity index (χ4v) is 1.26. The highest BCUT2D eigenvalue weighted by Crippen LogP contribution is 2.33. The Bertz CT molecular complexity index is 300. The minimum absolute atomic E-state index is 0.0602. The Balaban J connectivity index is 3.02. The SMILES string of the molecule is N[C@@H](c1cnccc1Br)C(F)(F)F. The molecule has 1 rings (SSSR count). The number of nitrogens with zero attached hydrogens (tertiary/aromatic N) is 1. The van der Waals surface area contributed by atoms with Gasteiger partial charge in [0.1, 0.15) is 6.04 Å². The molecule has 0 amide bonds. The van der Waals surface area contributed by atoms with Crippen LogP contribution in [0.15, 0.2) is 22.9 Å². The molecule has 0 aliphatic heterocycles. The van der Waals surface area contributed by atoms with Gasteiger partial charge in [-0.1, -0.05) is 15.9 Å². The smallest absolute Gasteiger partial charge is 0.316 e. The van der Waals surface area contributed by atoms with Gasteiger partial charge >= 0.3 is 6.18 Å². The highest BCUT2D eigenvalue weighted by molar-refractivity contribution is 9.10. The molecule has 6 heteroatoms. The van der Waals surface area contributed by atoms with E-state index in [-0.39, 0.29) is 5.56 Å². The molecule has 0 saturated heterocycles. The van der Waals surface area contributed by atoms with E-state index in [1.54, 1.807) is 0 Å². The number of nitrogens with two attached hydrogens (primary N) is 1. The third kappa shape index (κ3) is 2.41. The van der Waals surface area contributed by atoms with Gasteiger partial charge in [-0.2, -0.15) is 13.2 Å². The predicted octanol–water partition coefficient (Wildman–Crippen LogP) is 2.41. The van der Waals surface area contributed by atoms with Gasteiger partial charge in [0.15, 0.2) is 0 Å². The normalized spacial score (nSPS) is 14.2. The Hall–Kier alpha value is -0.620. The van der Waals surface area contributed by atoms with Crippen LogP contribution in [0.4, 0.5) is 13.2 Å². The van der Waals surface area contributed by atoms with E-state index < -0.39 is 12.2 Å². The Morgan fingerprint density at radius 1 is 1.46 bits per heavy atom. The summed E-state index contributed by atoms with van der Waals surface area (Å²) in [5.41, 5.74) is 4.92. The summed E-state index contributed by atoms with van der Waals surface area (Å²) < 4.78 is 36.7. The van der Waals surface area contributed by atoms with Crippen LogP contribution in [0.5, 0.6) is 0 Å². The fourth-order valence-electron chi connectivity index (χ4n) is 0.795. The van der Waals surface area contributed by atoms with Crippen molar-refractivity contribution in [2.45, 2.75) is 12.2 Å². The first kappa shape index (κ1) is 10.5. The quantitative estimate of drug-likeness (QED) is 0.836. The van der Waals surface area contributed by atoms with Crippen LogP contribution >= 0.6 is 15.9 Å². The van der Waals surface area contributed by atoms with Crippen LogP contribution in [0.1, 0.15) is 11.6 Å². The van der Waals surface area contributed by atoms with Crippen LogP contribution < -0.4 is 5.73 Å². The first-order valence-corrected chi connectivity index (χ1v) is 4.14. The molecule has 0 aromatic carbocycles. The molecule has 0 aliphatic carbocycles. The number of aromatic nitrogens is 1. The van der Waals surface area contributed by atoms with E-state index in [0.717, 1.165) is 6.20 Å². The van der Waals surface area contributed by atoms with Crippen molar-refractivity contribution < 1.29 is 13.2 Å². The molecule has 1 atom stereocenters. The zero-order valence-electron chi connectivity index (χ0n) is 6.35. The van der Waals surface area contributed by atoms with Gasteiger partial charge in [0, 0.05) is 22.4 Å². The van der Waals surface area contributed by atoms with Crippen LogP contribution in [0.25, 0.3) is 0 Å². The summed E-state index contributed by atoms with van der Waals surface area (Å²) in [7, 11) is 0. The van der Waals surface area contributed by atoms with Crippen LogP contribution in [0, 0.1) is 0 Å². The lowest BCUT2D eigenvalue weighted by Gasteiger charge is -2.16. The van der Waals surface area contributed by atoms with E-state index in [9.17, 15) is 13.2 Å². The average Bonchev–Trinajstić information content (AvgIpc) is 2.02. The number of hydrogen-bond acceptors (Lipinski definition) is 2. The molecule has 0 saturated carbocycles. The zero-order chi connectivity index (χ0) is 10.1. The van der Waals surface area contributed by atoms with Gasteiger partial charge in [-0.25, -0.2) is 0 Å². The van der Waals surface area contributed by atoms with Crippen molar-refractivity contribution in [1.82, 2.24) is 4.98 Å².